The van der Waals surface area contributed by atoms with Crippen molar-refractivity contribution in [3.63, 3.8) is 0 Å². The van der Waals surface area contributed by atoms with Gasteiger partial charge in [0, 0.05) is 25.6 Å². The van der Waals surface area contributed by atoms with Crippen LogP contribution < -0.4 is 10.6 Å². The van der Waals surface area contributed by atoms with E-state index in [1.165, 1.54) is 0 Å². The van der Waals surface area contributed by atoms with Gasteiger partial charge in [0.05, 0.1) is 0 Å². The summed E-state index contributed by atoms with van der Waals surface area (Å²) in [4.78, 5) is 10.7. The van der Waals surface area contributed by atoms with Crippen molar-refractivity contribution in [1.82, 2.24) is 10.6 Å². The van der Waals surface area contributed by atoms with E-state index >= 15 is 0 Å². The molecule has 0 fully saturated rings. The summed E-state index contributed by atoms with van der Waals surface area (Å²) in [6, 6.07) is 0. The highest BCUT2D eigenvalue weighted by atomic mass is 35.5. The third-order valence-electron chi connectivity index (χ3n) is 1.29. The van der Waals surface area contributed by atoms with Gasteiger partial charge in [-0.1, -0.05) is 0 Å². The zero-order chi connectivity index (χ0) is 8.91. The Labute approximate surface area is 80.7 Å². The smallest absolute Gasteiger partial charge is 0.221 e. The monoisotopic (exact) mass is 194 g/mol. The predicted octanol–water partition coefficient (Wildman–Crippen LogP) is 0.932. The third kappa shape index (κ3) is 9.72. The van der Waals surface area contributed by atoms with E-state index in [0.717, 1.165) is 6.54 Å². The number of nitrogens with one attached hydrogen (secondary N) is 2. The fraction of sp³-hybridized carbons (Fsp3) is 0.875. The zero-order valence-corrected chi connectivity index (χ0v) is 9.05. The first-order valence-electron chi connectivity index (χ1n) is 3.91. The topological polar surface area (TPSA) is 41.1 Å². The molecule has 0 aliphatic heterocycles. The molecule has 0 radical (unpaired) electrons. The summed E-state index contributed by atoms with van der Waals surface area (Å²) in [6.45, 7) is 6.98. The number of hydrogen-bond acceptors (Lipinski definition) is 2. The number of halogens is 1. The summed E-state index contributed by atoms with van der Waals surface area (Å²) in [6.07, 6.45) is 0.549. The van der Waals surface area contributed by atoms with E-state index < -0.39 is 0 Å². The lowest BCUT2D eigenvalue weighted by Crippen LogP contribution is -2.38. The molecule has 0 aromatic heterocycles. The molecule has 0 aliphatic rings. The molecule has 0 aliphatic carbocycles. The van der Waals surface area contributed by atoms with Gasteiger partial charge < -0.3 is 10.6 Å². The lowest BCUT2D eigenvalue weighted by atomic mass is 10.1. The van der Waals surface area contributed by atoms with Crippen molar-refractivity contribution in [2.45, 2.75) is 32.7 Å². The Kier molecular flexibility index (Phi) is 7.44. The van der Waals surface area contributed by atoms with Crippen molar-refractivity contribution in [2.75, 3.05) is 13.6 Å². The van der Waals surface area contributed by atoms with Gasteiger partial charge in [0.2, 0.25) is 5.91 Å². The van der Waals surface area contributed by atoms with Gasteiger partial charge in [-0.3, -0.25) is 4.79 Å². The Bertz CT molecular complexity index is 132. The number of amides is 1. The Hall–Kier alpha value is -0.280. The Balaban J connectivity index is 0. The van der Waals surface area contributed by atoms with E-state index in [9.17, 15) is 4.79 Å². The second-order valence-corrected chi connectivity index (χ2v) is 3.60. The van der Waals surface area contributed by atoms with Crippen LogP contribution in [0.2, 0.25) is 0 Å². The van der Waals surface area contributed by atoms with Crippen LogP contribution in [0, 0.1) is 0 Å². The fourth-order valence-electron chi connectivity index (χ4n) is 0.676. The Morgan fingerprint density at radius 3 is 2.17 bits per heavy atom. The maximum atomic E-state index is 10.7. The van der Waals surface area contributed by atoms with E-state index in [1.807, 2.05) is 0 Å². The molecule has 0 spiro atoms. The number of carbonyl (C=O) groups is 1. The van der Waals surface area contributed by atoms with Crippen LogP contribution in [0.4, 0.5) is 0 Å². The molecule has 0 rings (SSSR count). The minimum absolute atomic E-state index is 0. The summed E-state index contributed by atoms with van der Waals surface area (Å²) in [5.74, 6) is 0.0850. The molecule has 0 heterocycles. The molecule has 0 saturated carbocycles. The molecular weight excluding hydrogens is 176 g/mol. The van der Waals surface area contributed by atoms with Gasteiger partial charge in [-0.2, -0.15) is 0 Å². The number of carbonyl (C=O) groups excluding carboxylic acids is 1. The molecule has 12 heavy (non-hydrogen) atoms. The summed E-state index contributed by atoms with van der Waals surface area (Å²) in [5.41, 5.74) is 0.105. The van der Waals surface area contributed by atoms with Gasteiger partial charge in [-0.15, -0.1) is 12.4 Å². The molecule has 0 bridgehead atoms. The second kappa shape index (κ2) is 6.26. The van der Waals surface area contributed by atoms with E-state index in [0.29, 0.717) is 6.42 Å². The standard InChI is InChI=1S/C8H18N2O.ClH/c1-8(2,3)10-6-5-7(11)9-4;/h10H,5-6H2,1-4H3,(H,9,11);1H. The molecule has 0 unspecified atom stereocenters. The van der Waals surface area contributed by atoms with Crippen molar-refractivity contribution in [3.05, 3.63) is 0 Å². The molecule has 0 aromatic carbocycles. The minimum Gasteiger partial charge on any atom is -0.359 e. The number of rotatable bonds is 3. The quantitative estimate of drug-likeness (QED) is 0.702. The van der Waals surface area contributed by atoms with Crippen molar-refractivity contribution in [3.8, 4) is 0 Å². The van der Waals surface area contributed by atoms with E-state index in [4.69, 9.17) is 0 Å². The first-order chi connectivity index (χ1) is 4.95. The lowest BCUT2D eigenvalue weighted by Gasteiger charge is -2.19. The van der Waals surface area contributed by atoms with Gasteiger partial charge >= 0.3 is 0 Å². The summed E-state index contributed by atoms with van der Waals surface area (Å²) in [5, 5.41) is 5.80. The second-order valence-electron chi connectivity index (χ2n) is 3.60. The average Bonchev–Trinajstić information content (AvgIpc) is 1.85. The molecular formula is C8H19ClN2O. The summed E-state index contributed by atoms with van der Waals surface area (Å²) < 4.78 is 0. The largest absolute Gasteiger partial charge is 0.359 e. The van der Waals surface area contributed by atoms with E-state index in [-0.39, 0.29) is 23.9 Å². The van der Waals surface area contributed by atoms with Crippen LogP contribution in [0.5, 0.6) is 0 Å². The highest BCUT2D eigenvalue weighted by Gasteiger charge is 2.08. The lowest BCUT2D eigenvalue weighted by molar-refractivity contribution is -0.120. The van der Waals surface area contributed by atoms with E-state index in [2.05, 4.69) is 31.4 Å². The van der Waals surface area contributed by atoms with Gasteiger partial charge in [0.25, 0.3) is 0 Å². The molecule has 2 N–H and O–H groups in total. The fourth-order valence-corrected chi connectivity index (χ4v) is 0.676. The molecule has 74 valence electrons. The summed E-state index contributed by atoms with van der Waals surface area (Å²) in [7, 11) is 1.65. The van der Waals surface area contributed by atoms with Gasteiger partial charge in [-0.05, 0) is 20.8 Å². The normalized spacial score (nSPS) is 10.3. The predicted molar refractivity (Wildman–Crippen MR) is 53.7 cm³/mol. The van der Waals surface area contributed by atoms with Gasteiger partial charge in [0.1, 0.15) is 0 Å². The van der Waals surface area contributed by atoms with Crippen molar-refractivity contribution in [1.29, 1.82) is 0 Å². The van der Waals surface area contributed by atoms with Crippen LogP contribution in [0.3, 0.4) is 0 Å². The molecule has 0 aromatic rings. The Morgan fingerprint density at radius 1 is 1.33 bits per heavy atom. The molecule has 0 atom stereocenters. The average molecular weight is 195 g/mol. The first kappa shape index (κ1) is 14.3. The van der Waals surface area contributed by atoms with Crippen LogP contribution in [0.15, 0.2) is 0 Å². The first-order valence-corrected chi connectivity index (χ1v) is 3.91. The zero-order valence-electron chi connectivity index (χ0n) is 8.23. The minimum atomic E-state index is 0. The highest BCUT2D eigenvalue weighted by Crippen LogP contribution is 1.97. The molecule has 1 amide bonds. The van der Waals surface area contributed by atoms with Gasteiger partial charge in [0.15, 0.2) is 0 Å². The molecule has 4 heteroatoms. The van der Waals surface area contributed by atoms with Crippen molar-refractivity contribution >= 4 is 18.3 Å². The van der Waals surface area contributed by atoms with Crippen molar-refractivity contribution in [2.24, 2.45) is 0 Å². The third-order valence-corrected chi connectivity index (χ3v) is 1.29. The van der Waals surface area contributed by atoms with Crippen LogP contribution in [-0.4, -0.2) is 25.0 Å². The Morgan fingerprint density at radius 2 is 1.83 bits per heavy atom. The molecule has 3 nitrogen and oxygen atoms in total. The van der Waals surface area contributed by atoms with Crippen LogP contribution >= 0.6 is 12.4 Å². The van der Waals surface area contributed by atoms with E-state index in [1.54, 1.807) is 7.05 Å². The highest BCUT2D eigenvalue weighted by molar-refractivity contribution is 5.85. The van der Waals surface area contributed by atoms with Crippen molar-refractivity contribution < 1.29 is 4.79 Å². The van der Waals surface area contributed by atoms with Gasteiger partial charge in [-0.25, -0.2) is 0 Å². The number of hydrogen-bond donors (Lipinski definition) is 2. The maximum Gasteiger partial charge on any atom is 0.221 e. The maximum absolute atomic E-state index is 10.7. The SMILES string of the molecule is CNC(=O)CCNC(C)(C)C.Cl. The molecule has 0 saturated heterocycles. The van der Waals surface area contributed by atoms with Crippen LogP contribution in [0.1, 0.15) is 27.2 Å². The van der Waals surface area contributed by atoms with Crippen LogP contribution in [0.25, 0.3) is 0 Å². The van der Waals surface area contributed by atoms with Crippen LogP contribution in [-0.2, 0) is 4.79 Å². The summed E-state index contributed by atoms with van der Waals surface area (Å²) >= 11 is 0.